The van der Waals surface area contributed by atoms with Crippen molar-refractivity contribution in [3.8, 4) is 0 Å². The molecule has 1 amide bonds. The van der Waals surface area contributed by atoms with E-state index in [4.69, 9.17) is 22.3 Å². The zero-order valence-corrected chi connectivity index (χ0v) is 13.6. The van der Waals surface area contributed by atoms with Gasteiger partial charge in [-0.1, -0.05) is 27.0 Å². The molecule has 0 aliphatic heterocycles. The van der Waals surface area contributed by atoms with Crippen molar-refractivity contribution in [3.63, 3.8) is 0 Å². The van der Waals surface area contributed by atoms with Gasteiger partial charge in [0, 0.05) is 12.6 Å². The number of carbonyl (C=O) groups excluding carboxylic acids is 2. The zero-order valence-electron chi connectivity index (χ0n) is 12.8. The van der Waals surface area contributed by atoms with Gasteiger partial charge in [-0.25, -0.2) is 4.79 Å². The number of esters is 1. The molecule has 0 atom stereocenters. The molecule has 0 fully saturated rings. The predicted octanol–water partition coefficient (Wildman–Crippen LogP) is 0.0623. The first-order valence-corrected chi connectivity index (χ1v) is 7.54. The van der Waals surface area contributed by atoms with E-state index in [2.05, 4.69) is 37.6 Å². The van der Waals surface area contributed by atoms with Crippen LogP contribution in [0.5, 0.6) is 0 Å². The summed E-state index contributed by atoms with van der Waals surface area (Å²) in [6, 6.07) is 0. The molecule has 0 aromatic rings. The van der Waals surface area contributed by atoms with Gasteiger partial charge in [-0.3, -0.25) is 13.9 Å². The molecule has 0 aromatic heterocycles. The van der Waals surface area contributed by atoms with Crippen LogP contribution >= 0.6 is 0 Å². The summed E-state index contributed by atoms with van der Waals surface area (Å²) in [4.78, 5) is 22.3. The summed E-state index contributed by atoms with van der Waals surface area (Å²) in [7, 11) is -4.67. The van der Waals surface area contributed by atoms with Gasteiger partial charge >= 0.3 is 16.4 Å². The van der Waals surface area contributed by atoms with E-state index in [1.165, 1.54) is 6.08 Å². The topological polar surface area (TPSA) is 147 Å². The highest BCUT2D eigenvalue weighted by Crippen LogP contribution is 1.87. The lowest BCUT2D eigenvalue weighted by Crippen LogP contribution is -2.27. The molecule has 10 heteroatoms. The van der Waals surface area contributed by atoms with Gasteiger partial charge in [0.05, 0.1) is 0 Å². The van der Waals surface area contributed by atoms with Crippen LogP contribution in [0, 0.1) is 0 Å². The Hall–Kier alpha value is -1.75. The second-order valence-electron chi connectivity index (χ2n) is 3.45. The van der Waals surface area contributed by atoms with Crippen molar-refractivity contribution in [2.45, 2.75) is 13.8 Å². The maximum atomic E-state index is 10.6. The second-order valence-corrected chi connectivity index (χ2v) is 4.35. The number of amides is 1. The van der Waals surface area contributed by atoms with Gasteiger partial charge in [-0.05, 0) is 19.2 Å². The fraction of sp³-hybridized carbons (Fsp3) is 0.500. The van der Waals surface area contributed by atoms with Gasteiger partial charge in [-0.2, -0.15) is 8.42 Å². The number of likely N-dealkylation sites (N-methyl/N-ethyl adjacent to an activating group) is 1. The first-order chi connectivity index (χ1) is 10.0. The number of nitrogens with two attached hydrogens (primary N) is 1. The molecule has 130 valence electrons. The standard InChI is InChI=1S/C9H17NO2.C3H5NO.H2O4S/c1-4-9(11)12-8-7-10(5-2)6-3;1-2-3(4)5;1-5(2,3)4/h4H,1,5-8H2,2-3H3;2H,1H2,(H2,4,5);(H2,1,2,3,4). The summed E-state index contributed by atoms with van der Waals surface area (Å²) in [5.74, 6) is -0.827. The van der Waals surface area contributed by atoms with Crippen LogP contribution in [0.15, 0.2) is 25.3 Å². The van der Waals surface area contributed by atoms with Crippen molar-refractivity contribution in [1.82, 2.24) is 4.90 Å². The Morgan fingerprint density at radius 1 is 1.18 bits per heavy atom. The second kappa shape index (κ2) is 15.6. The molecule has 0 saturated heterocycles. The normalized spacial score (nSPS) is 9.50. The van der Waals surface area contributed by atoms with Crippen LogP contribution in [0.2, 0.25) is 0 Å². The van der Waals surface area contributed by atoms with Gasteiger partial charge in [-0.15, -0.1) is 0 Å². The molecule has 0 unspecified atom stereocenters. The number of rotatable bonds is 7. The van der Waals surface area contributed by atoms with E-state index in [1.807, 2.05) is 0 Å². The molecule has 0 saturated carbocycles. The van der Waals surface area contributed by atoms with Crippen LogP contribution in [0.3, 0.4) is 0 Å². The van der Waals surface area contributed by atoms with E-state index in [-0.39, 0.29) is 5.97 Å². The summed E-state index contributed by atoms with van der Waals surface area (Å²) >= 11 is 0. The molecule has 0 spiro atoms. The largest absolute Gasteiger partial charge is 0.461 e. The fourth-order valence-corrected chi connectivity index (χ4v) is 0.874. The third-order valence-electron chi connectivity index (χ3n) is 1.91. The minimum Gasteiger partial charge on any atom is -0.461 e. The van der Waals surface area contributed by atoms with Crippen molar-refractivity contribution in [2.75, 3.05) is 26.2 Å². The van der Waals surface area contributed by atoms with Crippen LogP contribution in [0.25, 0.3) is 0 Å². The molecule has 0 bridgehead atoms. The highest BCUT2D eigenvalue weighted by molar-refractivity contribution is 7.79. The third-order valence-corrected chi connectivity index (χ3v) is 1.91. The Labute approximate surface area is 131 Å². The quantitative estimate of drug-likeness (QED) is 0.335. The number of ether oxygens (including phenoxy) is 1. The molecule has 0 aromatic carbocycles. The van der Waals surface area contributed by atoms with Gasteiger partial charge in [0.15, 0.2) is 0 Å². The van der Waals surface area contributed by atoms with E-state index < -0.39 is 16.3 Å². The Kier molecular flexibility index (Phi) is 17.9. The lowest BCUT2D eigenvalue weighted by Gasteiger charge is -2.16. The van der Waals surface area contributed by atoms with Crippen LogP contribution in [-0.4, -0.2) is 60.5 Å². The van der Waals surface area contributed by atoms with Gasteiger partial charge < -0.3 is 15.4 Å². The highest BCUT2D eigenvalue weighted by atomic mass is 32.3. The van der Waals surface area contributed by atoms with Crippen LogP contribution in [-0.2, 0) is 24.7 Å². The number of nitrogens with zero attached hydrogens (tertiary/aromatic N) is 1. The predicted molar refractivity (Wildman–Crippen MR) is 82.5 cm³/mol. The molecule has 0 aliphatic rings. The molecule has 0 heterocycles. The van der Waals surface area contributed by atoms with Crippen LogP contribution < -0.4 is 5.73 Å². The summed E-state index contributed by atoms with van der Waals surface area (Å²) in [6.07, 6.45) is 2.24. The van der Waals surface area contributed by atoms with Crippen molar-refractivity contribution in [2.24, 2.45) is 5.73 Å². The van der Waals surface area contributed by atoms with Crippen molar-refractivity contribution in [1.29, 1.82) is 0 Å². The minimum absolute atomic E-state index is 0.345. The molecule has 22 heavy (non-hydrogen) atoms. The van der Waals surface area contributed by atoms with E-state index in [0.29, 0.717) is 6.61 Å². The average Bonchev–Trinajstić information content (AvgIpc) is 2.42. The summed E-state index contributed by atoms with van der Waals surface area (Å²) in [5, 5.41) is 0. The molecule has 9 nitrogen and oxygen atoms in total. The first kappa shape index (κ1) is 25.2. The summed E-state index contributed by atoms with van der Waals surface area (Å²) in [6.45, 7) is 13.8. The molecular weight excluding hydrogens is 316 g/mol. The van der Waals surface area contributed by atoms with E-state index >= 15 is 0 Å². The zero-order chi connectivity index (χ0) is 18.2. The highest BCUT2D eigenvalue weighted by Gasteiger charge is 1.99. The summed E-state index contributed by atoms with van der Waals surface area (Å²) in [5.41, 5.74) is 4.53. The monoisotopic (exact) mass is 340 g/mol. The van der Waals surface area contributed by atoms with E-state index in [9.17, 15) is 9.59 Å². The van der Waals surface area contributed by atoms with Crippen molar-refractivity contribution >= 4 is 22.3 Å². The SMILES string of the molecule is C=CC(=O)OCCN(CC)CC.C=CC(N)=O.O=S(=O)(O)O. The average molecular weight is 340 g/mol. The van der Waals surface area contributed by atoms with E-state index in [1.54, 1.807) is 0 Å². The number of hydrogen-bond acceptors (Lipinski definition) is 6. The molecule has 0 radical (unpaired) electrons. The Morgan fingerprint density at radius 2 is 1.55 bits per heavy atom. The van der Waals surface area contributed by atoms with Crippen molar-refractivity contribution < 1.29 is 31.8 Å². The summed E-state index contributed by atoms with van der Waals surface area (Å²) < 4.78 is 36.4. The third kappa shape index (κ3) is 36.2. The Bertz CT molecular complexity index is 423. The maximum Gasteiger partial charge on any atom is 0.394 e. The van der Waals surface area contributed by atoms with Crippen LogP contribution in [0.4, 0.5) is 0 Å². The first-order valence-electron chi connectivity index (χ1n) is 6.14. The smallest absolute Gasteiger partial charge is 0.394 e. The molecular formula is C12H24N2O7S. The van der Waals surface area contributed by atoms with Gasteiger partial charge in [0.2, 0.25) is 5.91 Å². The molecule has 0 aliphatic carbocycles. The molecule has 0 rings (SSSR count). The lowest BCUT2D eigenvalue weighted by atomic mass is 10.5. The van der Waals surface area contributed by atoms with Crippen LogP contribution in [0.1, 0.15) is 13.8 Å². The van der Waals surface area contributed by atoms with E-state index in [0.717, 1.165) is 25.7 Å². The molecule has 4 N–H and O–H groups in total. The van der Waals surface area contributed by atoms with Crippen molar-refractivity contribution in [3.05, 3.63) is 25.3 Å². The van der Waals surface area contributed by atoms with Gasteiger partial charge in [0.1, 0.15) is 6.61 Å². The fourth-order valence-electron chi connectivity index (χ4n) is 0.874. The lowest BCUT2D eigenvalue weighted by molar-refractivity contribution is -0.138. The Morgan fingerprint density at radius 3 is 1.77 bits per heavy atom. The number of primary amides is 1. The number of hydrogen-bond donors (Lipinski definition) is 3. The number of carbonyl (C=O) groups is 2. The van der Waals surface area contributed by atoms with Gasteiger partial charge in [0.25, 0.3) is 0 Å². The maximum absolute atomic E-state index is 10.6. The Balaban J connectivity index is -0.000000298. The minimum atomic E-state index is -4.67.